The lowest BCUT2D eigenvalue weighted by molar-refractivity contribution is -0.232. The number of rotatable bonds is 4. The van der Waals surface area contributed by atoms with Crippen LogP contribution in [0.2, 0.25) is 0 Å². The molecular weight excluding hydrogens is 314 g/mol. The number of aryl methyl sites for hydroxylation is 1. The Bertz CT molecular complexity index is 673. The Kier molecular flexibility index (Phi) is 4.93. The van der Waals surface area contributed by atoms with E-state index in [1.165, 1.54) is 5.56 Å². The highest BCUT2D eigenvalue weighted by molar-refractivity contribution is 5.21. The van der Waals surface area contributed by atoms with E-state index >= 15 is 0 Å². The van der Waals surface area contributed by atoms with Crippen molar-refractivity contribution in [1.29, 1.82) is 0 Å². The third kappa shape index (κ3) is 3.33. The van der Waals surface area contributed by atoms with Gasteiger partial charge in [0.15, 0.2) is 0 Å². The number of nitrogens with zero attached hydrogens (tertiary/aromatic N) is 3. The summed E-state index contributed by atoms with van der Waals surface area (Å²) < 4.78 is 7.07. The van der Waals surface area contributed by atoms with Crippen LogP contribution in [-0.4, -0.2) is 66.4 Å². The highest BCUT2D eigenvalue weighted by atomic mass is 16.5. The molecule has 0 spiro atoms. The van der Waals surface area contributed by atoms with Crippen LogP contribution < -0.4 is 0 Å². The molecule has 2 heterocycles. The second kappa shape index (κ2) is 6.96. The fourth-order valence-electron chi connectivity index (χ4n) is 2.75. The maximum atomic E-state index is 10.1. The normalized spacial score (nSPS) is 30.5. The van der Waals surface area contributed by atoms with Crippen LogP contribution in [-0.2, 0) is 11.3 Å². The first kappa shape index (κ1) is 17.0. The molecule has 130 valence electrons. The average molecular weight is 335 g/mol. The highest BCUT2D eigenvalue weighted by Gasteiger charge is 2.45. The van der Waals surface area contributed by atoms with E-state index in [0.29, 0.717) is 12.2 Å². The molecule has 0 bridgehead atoms. The van der Waals surface area contributed by atoms with Gasteiger partial charge in [0.05, 0.1) is 19.3 Å². The Morgan fingerprint density at radius 1 is 1.08 bits per heavy atom. The van der Waals surface area contributed by atoms with Crippen LogP contribution in [0.15, 0.2) is 30.5 Å². The summed E-state index contributed by atoms with van der Waals surface area (Å²) in [5.41, 5.74) is 2.55. The van der Waals surface area contributed by atoms with Crippen molar-refractivity contribution in [2.75, 3.05) is 6.61 Å². The monoisotopic (exact) mass is 335 g/mol. The van der Waals surface area contributed by atoms with Gasteiger partial charge in [-0.15, -0.1) is 5.10 Å². The van der Waals surface area contributed by atoms with Crippen LogP contribution in [0.1, 0.15) is 22.9 Å². The van der Waals surface area contributed by atoms with Gasteiger partial charge in [0.1, 0.15) is 36.2 Å². The van der Waals surface area contributed by atoms with Gasteiger partial charge in [-0.1, -0.05) is 35.0 Å². The molecule has 1 aliphatic heterocycles. The lowest BCUT2D eigenvalue weighted by Crippen LogP contribution is -2.55. The zero-order chi connectivity index (χ0) is 17.3. The van der Waals surface area contributed by atoms with Crippen molar-refractivity contribution < 1.29 is 25.2 Å². The zero-order valence-corrected chi connectivity index (χ0v) is 13.2. The number of ether oxygens (including phenoxy) is 1. The molecule has 0 saturated carbocycles. The zero-order valence-electron chi connectivity index (χ0n) is 13.2. The van der Waals surface area contributed by atoms with Crippen molar-refractivity contribution in [3.05, 3.63) is 47.3 Å². The van der Waals surface area contributed by atoms with Crippen molar-refractivity contribution in [2.24, 2.45) is 0 Å². The number of aliphatic hydroxyl groups is 4. The number of aromatic nitrogens is 3. The van der Waals surface area contributed by atoms with Crippen molar-refractivity contribution in [2.45, 2.75) is 44.0 Å². The third-order valence-electron chi connectivity index (χ3n) is 4.21. The van der Waals surface area contributed by atoms with Crippen molar-refractivity contribution >= 4 is 0 Å². The van der Waals surface area contributed by atoms with Gasteiger partial charge in [-0.05, 0) is 12.5 Å². The second-order valence-corrected chi connectivity index (χ2v) is 6.08. The van der Waals surface area contributed by atoms with Gasteiger partial charge in [-0.3, -0.25) is 0 Å². The fourth-order valence-corrected chi connectivity index (χ4v) is 2.75. The van der Waals surface area contributed by atoms with E-state index in [0.717, 1.165) is 5.56 Å². The Balaban J connectivity index is 1.75. The topological polar surface area (TPSA) is 121 Å². The quantitative estimate of drug-likeness (QED) is 0.574. The van der Waals surface area contributed by atoms with E-state index in [2.05, 4.69) is 10.3 Å². The maximum Gasteiger partial charge on any atom is 0.132 e. The first-order valence-electron chi connectivity index (χ1n) is 7.75. The van der Waals surface area contributed by atoms with Crippen LogP contribution in [0.25, 0.3) is 0 Å². The van der Waals surface area contributed by atoms with Crippen molar-refractivity contribution in [1.82, 2.24) is 15.0 Å². The first-order chi connectivity index (χ1) is 11.5. The minimum absolute atomic E-state index is 0.332. The first-order valence-corrected chi connectivity index (χ1v) is 7.75. The van der Waals surface area contributed by atoms with Crippen molar-refractivity contribution in [3.63, 3.8) is 0 Å². The van der Waals surface area contributed by atoms with Gasteiger partial charge in [0.2, 0.25) is 0 Å². The van der Waals surface area contributed by atoms with Crippen LogP contribution >= 0.6 is 0 Å². The van der Waals surface area contributed by atoms with Gasteiger partial charge in [-0.25, -0.2) is 4.68 Å². The molecular formula is C16H21N3O5. The van der Waals surface area contributed by atoms with Gasteiger partial charge in [-0.2, -0.15) is 0 Å². The van der Waals surface area contributed by atoms with E-state index in [4.69, 9.17) is 4.74 Å². The van der Waals surface area contributed by atoms with Gasteiger partial charge >= 0.3 is 0 Å². The molecule has 1 aromatic carbocycles. The summed E-state index contributed by atoms with van der Waals surface area (Å²) in [5, 5.41) is 47.0. The molecule has 0 aliphatic carbocycles. The predicted octanol–water partition coefficient (Wildman–Crippen LogP) is -0.850. The molecule has 1 aliphatic rings. The SMILES string of the molecule is Cc1ccc(Cn2cc([C@@H]3O[C@H](CO)[C@@H](O)[C@H](O)[C@H]3O)nn2)cc1. The van der Waals surface area contributed by atoms with E-state index in [1.807, 2.05) is 31.2 Å². The maximum absolute atomic E-state index is 10.1. The molecule has 1 fully saturated rings. The van der Waals surface area contributed by atoms with E-state index < -0.39 is 37.1 Å². The van der Waals surface area contributed by atoms with Gasteiger partial charge in [0.25, 0.3) is 0 Å². The Morgan fingerprint density at radius 3 is 2.46 bits per heavy atom. The average Bonchev–Trinajstić information content (AvgIpc) is 3.03. The number of hydrogen-bond donors (Lipinski definition) is 4. The molecule has 1 aromatic heterocycles. The summed E-state index contributed by atoms with van der Waals surface area (Å²) >= 11 is 0. The molecule has 24 heavy (non-hydrogen) atoms. The number of hydrogen-bond acceptors (Lipinski definition) is 7. The molecule has 8 heteroatoms. The summed E-state index contributed by atoms with van der Waals surface area (Å²) in [6.07, 6.45) is -4.48. The minimum Gasteiger partial charge on any atom is -0.394 e. The molecule has 2 aromatic rings. The summed E-state index contributed by atoms with van der Waals surface area (Å²) in [7, 11) is 0. The largest absolute Gasteiger partial charge is 0.394 e. The van der Waals surface area contributed by atoms with Crippen LogP contribution in [0, 0.1) is 6.92 Å². The van der Waals surface area contributed by atoms with E-state index in [-0.39, 0.29) is 0 Å². The Hall–Kier alpha value is -1.84. The minimum atomic E-state index is -1.43. The predicted molar refractivity (Wildman–Crippen MR) is 83.0 cm³/mol. The molecule has 4 N–H and O–H groups in total. The smallest absolute Gasteiger partial charge is 0.132 e. The summed E-state index contributed by atoms with van der Waals surface area (Å²) in [6.45, 7) is 2.04. The molecule has 0 radical (unpaired) electrons. The third-order valence-corrected chi connectivity index (χ3v) is 4.21. The fraction of sp³-hybridized carbons (Fsp3) is 0.500. The van der Waals surface area contributed by atoms with Crippen molar-refractivity contribution in [3.8, 4) is 0 Å². The lowest BCUT2D eigenvalue weighted by atomic mass is 9.94. The van der Waals surface area contributed by atoms with E-state index in [1.54, 1.807) is 10.9 Å². The van der Waals surface area contributed by atoms with Crippen LogP contribution in [0.5, 0.6) is 0 Å². The summed E-state index contributed by atoms with van der Waals surface area (Å²) in [6, 6.07) is 7.99. The molecule has 5 atom stereocenters. The molecule has 3 rings (SSSR count). The molecule has 1 saturated heterocycles. The van der Waals surface area contributed by atoms with Crippen LogP contribution in [0.4, 0.5) is 0 Å². The summed E-state index contributed by atoms with van der Waals surface area (Å²) in [5.74, 6) is 0. The number of aliphatic hydroxyl groups excluding tert-OH is 4. The number of benzene rings is 1. The van der Waals surface area contributed by atoms with Gasteiger partial charge in [0, 0.05) is 0 Å². The van der Waals surface area contributed by atoms with Crippen LogP contribution in [0.3, 0.4) is 0 Å². The Labute approximate surface area is 138 Å². The lowest BCUT2D eigenvalue weighted by Gasteiger charge is -2.39. The standard InChI is InChI=1S/C16H21N3O5/c1-9-2-4-10(5-3-9)6-19-7-11(17-18-19)16-15(23)14(22)13(21)12(8-20)24-16/h2-5,7,12-16,20-23H,6,8H2,1H3/t12-,13-,14+,15-,16+/m1/s1. The van der Waals surface area contributed by atoms with Gasteiger partial charge < -0.3 is 25.2 Å². The molecule has 0 unspecified atom stereocenters. The second-order valence-electron chi connectivity index (χ2n) is 6.08. The van der Waals surface area contributed by atoms with E-state index in [9.17, 15) is 20.4 Å². The molecule has 8 nitrogen and oxygen atoms in total. The highest BCUT2D eigenvalue weighted by Crippen LogP contribution is 2.31. The summed E-state index contributed by atoms with van der Waals surface area (Å²) in [4.78, 5) is 0. The molecule has 0 amide bonds. The Morgan fingerprint density at radius 2 is 1.79 bits per heavy atom.